The first-order valence-corrected chi connectivity index (χ1v) is 5.97. The SMILES string of the molecule is NC(=S)c1ccc(Nc2ccc(Cl)cc2F)cc1. The van der Waals surface area contributed by atoms with Gasteiger partial charge in [0.25, 0.3) is 0 Å². The normalized spacial score (nSPS) is 10.1. The van der Waals surface area contributed by atoms with Crippen LogP contribution in [0.2, 0.25) is 5.02 Å². The monoisotopic (exact) mass is 280 g/mol. The fourth-order valence-electron chi connectivity index (χ4n) is 1.46. The van der Waals surface area contributed by atoms with E-state index in [0.717, 1.165) is 11.3 Å². The number of nitrogens with one attached hydrogen (secondary N) is 1. The molecule has 0 bridgehead atoms. The molecule has 0 unspecified atom stereocenters. The molecular formula is C13H10ClFN2S. The van der Waals surface area contributed by atoms with Crippen LogP contribution in [0.4, 0.5) is 15.8 Å². The summed E-state index contributed by atoms with van der Waals surface area (Å²) >= 11 is 10.5. The number of anilines is 2. The molecule has 0 atom stereocenters. The van der Waals surface area contributed by atoms with E-state index < -0.39 is 5.82 Å². The van der Waals surface area contributed by atoms with Gasteiger partial charge in [0.2, 0.25) is 0 Å². The van der Waals surface area contributed by atoms with Gasteiger partial charge in [0.1, 0.15) is 10.8 Å². The molecule has 2 rings (SSSR count). The lowest BCUT2D eigenvalue weighted by atomic mass is 10.2. The third-order valence-electron chi connectivity index (χ3n) is 2.38. The number of thiocarbonyl (C=S) groups is 1. The first-order valence-electron chi connectivity index (χ1n) is 5.18. The van der Waals surface area contributed by atoms with Crippen molar-refractivity contribution < 1.29 is 4.39 Å². The van der Waals surface area contributed by atoms with Gasteiger partial charge in [-0.25, -0.2) is 4.39 Å². The summed E-state index contributed by atoms with van der Waals surface area (Å²) in [7, 11) is 0. The molecule has 0 aliphatic heterocycles. The molecule has 0 spiro atoms. The zero-order chi connectivity index (χ0) is 13.1. The fraction of sp³-hybridized carbons (Fsp3) is 0. The Kier molecular flexibility index (Phi) is 3.79. The highest BCUT2D eigenvalue weighted by Gasteiger charge is 2.03. The highest BCUT2D eigenvalue weighted by molar-refractivity contribution is 7.80. The van der Waals surface area contributed by atoms with Crippen molar-refractivity contribution in [2.24, 2.45) is 5.73 Å². The maximum Gasteiger partial charge on any atom is 0.148 e. The van der Waals surface area contributed by atoms with Gasteiger partial charge in [-0.2, -0.15) is 0 Å². The van der Waals surface area contributed by atoms with Crippen LogP contribution in [-0.4, -0.2) is 4.99 Å². The van der Waals surface area contributed by atoms with Crippen LogP contribution in [0, 0.1) is 5.82 Å². The summed E-state index contributed by atoms with van der Waals surface area (Å²) in [4.78, 5) is 0.333. The van der Waals surface area contributed by atoms with Crippen LogP contribution in [0.15, 0.2) is 42.5 Å². The second-order valence-corrected chi connectivity index (χ2v) is 4.57. The van der Waals surface area contributed by atoms with E-state index in [0.29, 0.717) is 15.7 Å². The standard InChI is InChI=1S/C13H10ClFN2S/c14-9-3-6-12(11(15)7-9)17-10-4-1-8(2-5-10)13(16)18/h1-7,17H,(H2,16,18). The van der Waals surface area contributed by atoms with Crippen LogP contribution in [0.25, 0.3) is 0 Å². The Labute approximate surface area is 115 Å². The minimum atomic E-state index is -0.402. The zero-order valence-corrected chi connectivity index (χ0v) is 10.9. The van der Waals surface area contributed by atoms with Crippen molar-refractivity contribution in [3.8, 4) is 0 Å². The number of hydrogen-bond donors (Lipinski definition) is 2. The van der Waals surface area contributed by atoms with E-state index >= 15 is 0 Å². The Morgan fingerprint density at radius 1 is 1.17 bits per heavy atom. The Bertz CT molecular complexity index is 584. The Morgan fingerprint density at radius 2 is 1.83 bits per heavy atom. The average Bonchev–Trinajstić information content (AvgIpc) is 2.33. The van der Waals surface area contributed by atoms with Crippen molar-refractivity contribution in [2.75, 3.05) is 5.32 Å². The number of hydrogen-bond acceptors (Lipinski definition) is 2. The molecule has 0 amide bonds. The lowest BCUT2D eigenvalue weighted by molar-refractivity contribution is 0.632. The predicted octanol–water partition coefficient (Wildman–Crippen LogP) is 3.86. The van der Waals surface area contributed by atoms with Crippen LogP contribution in [0.5, 0.6) is 0 Å². The molecule has 0 aliphatic carbocycles. The topological polar surface area (TPSA) is 38.0 Å². The van der Waals surface area contributed by atoms with Crippen molar-refractivity contribution in [1.82, 2.24) is 0 Å². The van der Waals surface area contributed by atoms with Crippen molar-refractivity contribution in [3.05, 3.63) is 58.9 Å². The van der Waals surface area contributed by atoms with Gasteiger partial charge in [-0.15, -0.1) is 0 Å². The van der Waals surface area contributed by atoms with E-state index in [4.69, 9.17) is 29.6 Å². The molecule has 92 valence electrons. The van der Waals surface area contributed by atoms with E-state index in [1.807, 2.05) is 0 Å². The predicted molar refractivity (Wildman–Crippen MR) is 77.0 cm³/mol. The molecule has 5 heteroatoms. The summed E-state index contributed by atoms with van der Waals surface area (Å²) in [6.07, 6.45) is 0. The molecule has 0 aliphatic rings. The van der Waals surface area contributed by atoms with Gasteiger partial charge >= 0.3 is 0 Å². The minimum Gasteiger partial charge on any atom is -0.389 e. The van der Waals surface area contributed by atoms with Gasteiger partial charge < -0.3 is 11.1 Å². The largest absolute Gasteiger partial charge is 0.389 e. The maximum absolute atomic E-state index is 13.6. The lowest BCUT2D eigenvalue weighted by Crippen LogP contribution is -2.08. The zero-order valence-electron chi connectivity index (χ0n) is 9.28. The van der Waals surface area contributed by atoms with Gasteiger partial charge in [0, 0.05) is 16.3 Å². The first kappa shape index (κ1) is 12.8. The second-order valence-electron chi connectivity index (χ2n) is 3.69. The van der Waals surface area contributed by atoms with E-state index in [-0.39, 0.29) is 0 Å². The van der Waals surface area contributed by atoms with Gasteiger partial charge in [-0.3, -0.25) is 0 Å². The maximum atomic E-state index is 13.6. The molecule has 0 radical (unpaired) electrons. The van der Waals surface area contributed by atoms with Crippen LogP contribution >= 0.6 is 23.8 Å². The molecule has 0 saturated heterocycles. The highest BCUT2D eigenvalue weighted by Crippen LogP contribution is 2.23. The van der Waals surface area contributed by atoms with Crippen molar-refractivity contribution in [2.45, 2.75) is 0 Å². The molecule has 0 saturated carbocycles. The summed E-state index contributed by atoms with van der Waals surface area (Å²) in [6, 6.07) is 11.6. The lowest BCUT2D eigenvalue weighted by Gasteiger charge is -2.08. The molecule has 2 aromatic rings. The van der Waals surface area contributed by atoms with Crippen molar-refractivity contribution in [1.29, 1.82) is 0 Å². The summed E-state index contributed by atoms with van der Waals surface area (Å²) < 4.78 is 13.6. The molecule has 3 N–H and O–H groups in total. The molecular weight excluding hydrogens is 271 g/mol. The number of benzene rings is 2. The summed E-state index contributed by atoms with van der Waals surface area (Å²) in [5.41, 5.74) is 7.37. The first-order chi connectivity index (χ1) is 8.56. The number of halogens is 2. The molecule has 0 fully saturated rings. The Morgan fingerprint density at radius 3 is 2.39 bits per heavy atom. The van der Waals surface area contributed by atoms with Crippen LogP contribution in [-0.2, 0) is 0 Å². The van der Waals surface area contributed by atoms with E-state index in [1.165, 1.54) is 6.07 Å². The van der Waals surface area contributed by atoms with E-state index in [9.17, 15) is 4.39 Å². The Hall–Kier alpha value is -1.65. The minimum absolute atomic E-state index is 0.333. The van der Waals surface area contributed by atoms with Crippen LogP contribution in [0.1, 0.15) is 5.56 Å². The summed E-state index contributed by atoms with van der Waals surface area (Å²) in [5.74, 6) is -0.402. The van der Waals surface area contributed by atoms with Crippen molar-refractivity contribution >= 4 is 40.2 Å². The summed E-state index contributed by atoms with van der Waals surface area (Å²) in [5, 5.41) is 3.31. The Balaban J connectivity index is 2.21. The molecule has 2 nitrogen and oxygen atoms in total. The van der Waals surface area contributed by atoms with E-state index in [1.54, 1.807) is 36.4 Å². The average molecular weight is 281 g/mol. The molecule has 0 heterocycles. The fourth-order valence-corrected chi connectivity index (χ4v) is 1.76. The third kappa shape index (κ3) is 2.97. The van der Waals surface area contributed by atoms with Crippen LogP contribution < -0.4 is 11.1 Å². The molecule has 2 aromatic carbocycles. The third-order valence-corrected chi connectivity index (χ3v) is 2.85. The summed E-state index contributed by atoms with van der Waals surface area (Å²) in [6.45, 7) is 0. The van der Waals surface area contributed by atoms with Crippen molar-refractivity contribution in [3.63, 3.8) is 0 Å². The van der Waals surface area contributed by atoms with Gasteiger partial charge in [-0.1, -0.05) is 23.8 Å². The highest BCUT2D eigenvalue weighted by atomic mass is 35.5. The van der Waals surface area contributed by atoms with E-state index in [2.05, 4.69) is 5.32 Å². The molecule has 0 aromatic heterocycles. The number of rotatable bonds is 3. The van der Waals surface area contributed by atoms with Gasteiger partial charge in [0.05, 0.1) is 5.69 Å². The van der Waals surface area contributed by atoms with Gasteiger partial charge in [-0.05, 0) is 42.5 Å². The van der Waals surface area contributed by atoms with Gasteiger partial charge in [0.15, 0.2) is 0 Å². The molecule has 18 heavy (non-hydrogen) atoms. The number of nitrogens with two attached hydrogens (primary N) is 1. The second kappa shape index (κ2) is 5.33. The van der Waals surface area contributed by atoms with Crippen LogP contribution in [0.3, 0.4) is 0 Å². The quantitative estimate of drug-likeness (QED) is 0.839. The smallest absolute Gasteiger partial charge is 0.148 e.